The van der Waals surface area contributed by atoms with E-state index in [4.69, 9.17) is 0 Å². The Hall–Kier alpha value is -1.90. The van der Waals surface area contributed by atoms with E-state index >= 15 is 0 Å². The number of benzene rings is 1. The average Bonchev–Trinajstić information content (AvgIpc) is 2.59. The van der Waals surface area contributed by atoms with Crippen molar-refractivity contribution in [2.24, 2.45) is 0 Å². The molecule has 0 bridgehead atoms. The van der Waals surface area contributed by atoms with Crippen molar-refractivity contribution in [2.45, 2.75) is 13.3 Å². The van der Waals surface area contributed by atoms with Crippen LogP contribution in [0.15, 0.2) is 30.5 Å². The maximum Gasteiger partial charge on any atom is 0.227 e. The second kappa shape index (κ2) is 3.69. The standard InChI is InChI=1S/C12H11NO2/c1-9(15)13-8-10(6-7-14)11-4-2-3-5-12(11)13/h2-5,7-8H,6H2,1H3. The Morgan fingerprint density at radius 2 is 2.13 bits per heavy atom. The van der Waals surface area contributed by atoms with Gasteiger partial charge >= 0.3 is 0 Å². The van der Waals surface area contributed by atoms with Crippen LogP contribution in [-0.4, -0.2) is 16.8 Å². The summed E-state index contributed by atoms with van der Waals surface area (Å²) >= 11 is 0. The van der Waals surface area contributed by atoms with Gasteiger partial charge in [0.2, 0.25) is 5.91 Å². The molecule has 0 saturated heterocycles. The number of hydrogen-bond donors (Lipinski definition) is 0. The van der Waals surface area contributed by atoms with Crippen LogP contribution < -0.4 is 0 Å². The van der Waals surface area contributed by atoms with Crippen LogP contribution in [-0.2, 0) is 11.2 Å². The van der Waals surface area contributed by atoms with Crippen molar-refractivity contribution in [1.29, 1.82) is 0 Å². The molecule has 0 unspecified atom stereocenters. The summed E-state index contributed by atoms with van der Waals surface area (Å²) < 4.78 is 1.58. The van der Waals surface area contributed by atoms with Crippen molar-refractivity contribution < 1.29 is 9.59 Å². The monoisotopic (exact) mass is 201 g/mol. The smallest absolute Gasteiger partial charge is 0.227 e. The first-order valence-electron chi connectivity index (χ1n) is 4.77. The lowest BCUT2D eigenvalue weighted by Crippen LogP contribution is -2.02. The van der Waals surface area contributed by atoms with E-state index < -0.39 is 0 Å². The number of hydrogen-bond acceptors (Lipinski definition) is 2. The lowest BCUT2D eigenvalue weighted by Gasteiger charge is -1.97. The highest BCUT2D eigenvalue weighted by Crippen LogP contribution is 2.21. The zero-order chi connectivity index (χ0) is 10.8. The van der Waals surface area contributed by atoms with Crippen LogP contribution in [0.25, 0.3) is 10.9 Å². The maximum absolute atomic E-state index is 11.4. The minimum Gasteiger partial charge on any atom is -0.303 e. The number of fused-ring (bicyclic) bond motifs is 1. The Bertz CT molecular complexity index is 525. The van der Waals surface area contributed by atoms with Gasteiger partial charge < -0.3 is 4.79 Å². The molecule has 0 saturated carbocycles. The zero-order valence-corrected chi connectivity index (χ0v) is 8.43. The fourth-order valence-corrected chi connectivity index (χ4v) is 1.76. The predicted molar refractivity (Wildman–Crippen MR) is 58.0 cm³/mol. The van der Waals surface area contributed by atoms with Crippen molar-refractivity contribution in [3.05, 3.63) is 36.0 Å². The summed E-state index contributed by atoms with van der Waals surface area (Å²) in [5.41, 5.74) is 1.76. The number of rotatable bonds is 2. The Balaban J connectivity index is 2.72. The van der Waals surface area contributed by atoms with E-state index in [1.54, 1.807) is 10.8 Å². The van der Waals surface area contributed by atoms with E-state index in [-0.39, 0.29) is 5.91 Å². The summed E-state index contributed by atoms with van der Waals surface area (Å²) in [6, 6.07) is 7.59. The topological polar surface area (TPSA) is 39.1 Å². The van der Waals surface area contributed by atoms with Crippen LogP contribution in [0.2, 0.25) is 0 Å². The number of aldehydes is 1. The molecule has 0 fully saturated rings. The molecule has 2 rings (SSSR count). The van der Waals surface area contributed by atoms with Crippen molar-refractivity contribution >= 4 is 23.1 Å². The number of aromatic nitrogens is 1. The molecule has 1 aromatic carbocycles. The second-order valence-corrected chi connectivity index (χ2v) is 3.43. The SMILES string of the molecule is CC(=O)n1cc(CC=O)c2ccccc21. The van der Waals surface area contributed by atoms with Gasteiger partial charge in [-0.2, -0.15) is 0 Å². The van der Waals surface area contributed by atoms with Gasteiger partial charge in [0, 0.05) is 24.9 Å². The van der Waals surface area contributed by atoms with Crippen LogP contribution in [0.5, 0.6) is 0 Å². The second-order valence-electron chi connectivity index (χ2n) is 3.43. The molecule has 0 N–H and O–H groups in total. The van der Waals surface area contributed by atoms with Crippen LogP contribution in [0.1, 0.15) is 17.3 Å². The van der Waals surface area contributed by atoms with Gasteiger partial charge in [-0.15, -0.1) is 0 Å². The highest BCUT2D eigenvalue weighted by molar-refractivity contribution is 5.94. The van der Waals surface area contributed by atoms with E-state index in [1.165, 1.54) is 6.92 Å². The van der Waals surface area contributed by atoms with Crippen LogP contribution in [0.3, 0.4) is 0 Å². The largest absolute Gasteiger partial charge is 0.303 e. The van der Waals surface area contributed by atoms with E-state index in [9.17, 15) is 9.59 Å². The molecule has 15 heavy (non-hydrogen) atoms. The Kier molecular flexibility index (Phi) is 2.37. The molecule has 76 valence electrons. The minimum atomic E-state index is -0.0386. The quantitative estimate of drug-likeness (QED) is 0.697. The van der Waals surface area contributed by atoms with Gasteiger partial charge in [0.05, 0.1) is 5.52 Å². The van der Waals surface area contributed by atoms with E-state index in [0.29, 0.717) is 6.42 Å². The van der Waals surface area contributed by atoms with Crippen LogP contribution in [0, 0.1) is 0 Å². The normalized spacial score (nSPS) is 10.5. The van der Waals surface area contributed by atoms with Gasteiger partial charge in [-0.3, -0.25) is 9.36 Å². The van der Waals surface area contributed by atoms with Crippen molar-refractivity contribution in [1.82, 2.24) is 4.57 Å². The first-order valence-corrected chi connectivity index (χ1v) is 4.77. The number of carbonyl (C=O) groups is 2. The number of nitrogens with zero attached hydrogens (tertiary/aromatic N) is 1. The molecular weight excluding hydrogens is 190 g/mol. The Labute approximate surface area is 87.3 Å². The highest BCUT2D eigenvalue weighted by atomic mass is 16.1. The summed E-state index contributed by atoms with van der Waals surface area (Å²) in [6.07, 6.45) is 2.94. The highest BCUT2D eigenvalue weighted by Gasteiger charge is 2.09. The Morgan fingerprint density at radius 1 is 1.40 bits per heavy atom. The summed E-state index contributed by atoms with van der Waals surface area (Å²) in [4.78, 5) is 21.9. The van der Waals surface area contributed by atoms with Gasteiger partial charge in [-0.05, 0) is 11.6 Å². The molecule has 0 aliphatic heterocycles. The maximum atomic E-state index is 11.4. The minimum absolute atomic E-state index is 0.0386. The molecule has 0 radical (unpaired) electrons. The molecule has 0 amide bonds. The fourth-order valence-electron chi connectivity index (χ4n) is 1.76. The van der Waals surface area contributed by atoms with E-state index in [0.717, 1.165) is 22.8 Å². The lowest BCUT2D eigenvalue weighted by atomic mass is 10.1. The molecule has 2 aromatic rings. The van der Waals surface area contributed by atoms with Crippen molar-refractivity contribution in [3.63, 3.8) is 0 Å². The van der Waals surface area contributed by atoms with E-state index in [1.807, 2.05) is 24.3 Å². The third-order valence-electron chi connectivity index (χ3n) is 2.44. The summed E-state index contributed by atoms with van der Waals surface area (Å²) in [6.45, 7) is 1.51. The summed E-state index contributed by atoms with van der Waals surface area (Å²) in [5.74, 6) is -0.0386. The van der Waals surface area contributed by atoms with Crippen LogP contribution in [0.4, 0.5) is 0 Å². The first kappa shape index (κ1) is 9.65. The molecule has 0 atom stereocenters. The molecule has 1 aromatic heterocycles. The number of carbonyl (C=O) groups excluding carboxylic acids is 2. The Morgan fingerprint density at radius 3 is 2.80 bits per heavy atom. The van der Waals surface area contributed by atoms with Gasteiger partial charge in [0.15, 0.2) is 0 Å². The van der Waals surface area contributed by atoms with Crippen molar-refractivity contribution in [3.8, 4) is 0 Å². The van der Waals surface area contributed by atoms with E-state index in [2.05, 4.69) is 0 Å². The molecule has 0 spiro atoms. The lowest BCUT2D eigenvalue weighted by molar-refractivity contribution is -0.107. The van der Waals surface area contributed by atoms with Gasteiger partial charge in [0.25, 0.3) is 0 Å². The first-order chi connectivity index (χ1) is 7.24. The molecule has 3 nitrogen and oxygen atoms in total. The molecule has 3 heteroatoms. The third kappa shape index (κ3) is 1.56. The molecule has 1 heterocycles. The average molecular weight is 201 g/mol. The third-order valence-corrected chi connectivity index (χ3v) is 2.44. The van der Waals surface area contributed by atoms with Crippen LogP contribution >= 0.6 is 0 Å². The molecule has 0 aliphatic carbocycles. The fraction of sp³-hybridized carbons (Fsp3) is 0.167. The molecule has 0 aliphatic rings. The zero-order valence-electron chi connectivity index (χ0n) is 8.43. The van der Waals surface area contributed by atoms with Crippen molar-refractivity contribution in [2.75, 3.05) is 0 Å². The molecular formula is C12H11NO2. The van der Waals surface area contributed by atoms with Gasteiger partial charge in [0.1, 0.15) is 6.29 Å². The summed E-state index contributed by atoms with van der Waals surface area (Å²) in [5, 5.41) is 0.972. The van der Waals surface area contributed by atoms with Gasteiger partial charge in [-0.1, -0.05) is 18.2 Å². The summed E-state index contributed by atoms with van der Waals surface area (Å²) in [7, 11) is 0. The predicted octanol–water partition coefficient (Wildman–Crippen LogP) is 2.04. The van der Waals surface area contributed by atoms with Gasteiger partial charge in [-0.25, -0.2) is 0 Å². The number of para-hydroxylation sites is 1.